The van der Waals surface area contributed by atoms with Crippen LogP contribution >= 0.6 is 12.4 Å². The standard InChI is InChI=1S/C19H26FN3O3.ClH/c1-22(18(25)19(13-26-2)8-10-21-11-9-19)16-7-12-23(17(16)24)15-6-4-3-5-14(15)20;/h3-6,16,21H,7-13H2,1-2H3;1H. The number of halogens is 2. The van der Waals surface area contributed by atoms with Crippen molar-refractivity contribution in [3.05, 3.63) is 30.1 Å². The molecule has 2 fully saturated rings. The lowest BCUT2D eigenvalue weighted by molar-refractivity contribution is -0.150. The van der Waals surface area contributed by atoms with Gasteiger partial charge in [0.1, 0.15) is 11.9 Å². The molecule has 1 N–H and O–H groups in total. The van der Waals surface area contributed by atoms with Gasteiger partial charge in [-0.05, 0) is 44.5 Å². The summed E-state index contributed by atoms with van der Waals surface area (Å²) in [5.41, 5.74) is -0.324. The van der Waals surface area contributed by atoms with Crippen molar-refractivity contribution in [3.8, 4) is 0 Å². The van der Waals surface area contributed by atoms with Crippen molar-refractivity contribution in [2.45, 2.75) is 25.3 Å². The molecule has 1 aromatic carbocycles. The van der Waals surface area contributed by atoms with Gasteiger partial charge < -0.3 is 19.9 Å². The van der Waals surface area contributed by atoms with Crippen LogP contribution in [0.25, 0.3) is 0 Å². The Hall–Kier alpha value is -1.70. The maximum atomic E-state index is 14.1. The molecule has 6 nitrogen and oxygen atoms in total. The van der Waals surface area contributed by atoms with Gasteiger partial charge in [-0.15, -0.1) is 12.4 Å². The molecule has 150 valence electrons. The Morgan fingerprint density at radius 2 is 2.04 bits per heavy atom. The fraction of sp³-hybridized carbons (Fsp3) is 0.579. The van der Waals surface area contributed by atoms with Crippen molar-refractivity contribution in [1.82, 2.24) is 10.2 Å². The number of para-hydroxylation sites is 1. The zero-order chi connectivity index (χ0) is 18.7. The molecule has 1 unspecified atom stereocenters. The van der Waals surface area contributed by atoms with Gasteiger partial charge in [-0.2, -0.15) is 0 Å². The van der Waals surface area contributed by atoms with E-state index in [1.807, 2.05) is 0 Å². The third-order valence-electron chi connectivity index (χ3n) is 5.54. The Morgan fingerprint density at radius 3 is 2.67 bits per heavy atom. The molecular weight excluding hydrogens is 373 g/mol. The lowest BCUT2D eigenvalue weighted by Crippen LogP contribution is -2.54. The van der Waals surface area contributed by atoms with E-state index in [2.05, 4.69) is 5.32 Å². The first-order valence-electron chi connectivity index (χ1n) is 9.03. The number of hydrogen-bond acceptors (Lipinski definition) is 4. The number of likely N-dealkylation sites (N-methyl/N-ethyl adjacent to an activating group) is 1. The van der Waals surface area contributed by atoms with Crippen LogP contribution in [-0.4, -0.2) is 63.2 Å². The first-order valence-corrected chi connectivity index (χ1v) is 9.03. The van der Waals surface area contributed by atoms with Gasteiger partial charge in [0, 0.05) is 20.7 Å². The van der Waals surface area contributed by atoms with Crippen LogP contribution in [0, 0.1) is 11.2 Å². The molecule has 0 aliphatic carbocycles. The van der Waals surface area contributed by atoms with Gasteiger partial charge in [0.2, 0.25) is 11.8 Å². The summed E-state index contributed by atoms with van der Waals surface area (Å²) >= 11 is 0. The molecule has 0 radical (unpaired) electrons. The van der Waals surface area contributed by atoms with Gasteiger partial charge >= 0.3 is 0 Å². The monoisotopic (exact) mass is 399 g/mol. The lowest BCUT2D eigenvalue weighted by Gasteiger charge is -2.39. The van der Waals surface area contributed by atoms with Crippen molar-refractivity contribution >= 4 is 29.9 Å². The van der Waals surface area contributed by atoms with Crippen LogP contribution < -0.4 is 10.2 Å². The van der Waals surface area contributed by atoms with E-state index in [0.717, 1.165) is 13.1 Å². The van der Waals surface area contributed by atoms with Crippen LogP contribution in [0.15, 0.2) is 24.3 Å². The Kier molecular flexibility index (Phi) is 7.19. The topological polar surface area (TPSA) is 61.9 Å². The highest BCUT2D eigenvalue weighted by Gasteiger charge is 2.46. The molecule has 0 bridgehead atoms. The highest BCUT2D eigenvalue weighted by atomic mass is 35.5. The number of methoxy groups -OCH3 is 1. The summed E-state index contributed by atoms with van der Waals surface area (Å²) in [7, 11) is 3.27. The SMILES string of the molecule is COCC1(C(=O)N(C)C2CCN(c3ccccc3F)C2=O)CCNCC1.Cl. The molecule has 8 heteroatoms. The molecule has 2 saturated heterocycles. The minimum Gasteiger partial charge on any atom is -0.384 e. The maximum absolute atomic E-state index is 14.1. The second-order valence-electron chi connectivity index (χ2n) is 7.13. The normalized spacial score (nSPS) is 21.7. The van der Waals surface area contributed by atoms with E-state index in [-0.39, 0.29) is 29.9 Å². The number of ether oxygens (including phenoxy) is 1. The highest BCUT2D eigenvalue weighted by Crippen LogP contribution is 2.34. The van der Waals surface area contributed by atoms with Gasteiger partial charge in [0.25, 0.3) is 0 Å². The maximum Gasteiger partial charge on any atom is 0.249 e. The van der Waals surface area contributed by atoms with Crippen molar-refractivity contribution in [2.24, 2.45) is 5.41 Å². The number of carbonyl (C=O) groups is 2. The molecule has 0 spiro atoms. The number of anilines is 1. The molecule has 0 aromatic heterocycles. The van der Waals surface area contributed by atoms with Gasteiger partial charge in [-0.3, -0.25) is 9.59 Å². The summed E-state index contributed by atoms with van der Waals surface area (Å²) in [6.07, 6.45) is 1.86. The Labute approximate surface area is 165 Å². The summed E-state index contributed by atoms with van der Waals surface area (Å²) in [6, 6.07) is 5.67. The van der Waals surface area contributed by atoms with Gasteiger partial charge in [-0.1, -0.05) is 12.1 Å². The Bertz CT molecular complexity index is 676. The van der Waals surface area contributed by atoms with Gasteiger partial charge in [0.15, 0.2) is 0 Å². The first kappa shape index (κ1) is 21.6. The lowest BCUT2D eigenvalue weighted by atomic mass is 9.78. The number of nitrogens with one attached hydrogen (secondary N) is 1. The fourth-order valence-electron chi connectivity index (χ4n) is 4.05. The van der Waals surface area contributed by atoms with Crippen LogP contribution in [0.2, 0.25) is 0 Å². The van der Waals surface area contributed by atoms with E-state index in [1.165, 1.54) is 11.0 Å². The zero-order valence-corrected chi connectivity index (χ0v) is 16.6. The Morgan fingerprint density at radius 1 is 1.37 bits per heavy atom. The van der Waals surface area contributed by atoms with Gasteiger partial charge in [0.05, 0.1) is 17.7 Å². The van der Waals surface area contributed by atoms with E-state index in [0.29, 0.717) is 32.4 Å². The third kappa shape index (κ3) is 4.10. The number of carbonyl (C=O) groups excluding carboxylic acids is 2. The quantitative estimate of drug-likeness (QED) is 0.820. The summed E-state index contributed by atoms with van der Waals surface area (Å²) in [5.74, 6) is -0.716. The van der Waals surface area contributed by atoms with Crippen molar-refractivity contribution < 1.29 is 18.7 Å². The molecule has 2 heterocycles. The van der Waals surface area contributed by atoms with Crippen LogP contribution in [-0.2, 0) is 14.3 Å². The van der Waals surface area contributed by atoms with Crippen molar-refractivity contribution in [3.63, 3.8) is 0 Å². The van der Waals surface area contributed by atoms with E-state index in [1.54, 1.807) is 37.3 Å². The van der Waals surface area contributed by atoms with Gasteiger partial charge in [-0.25, -0.2) is 4.39 Å². The number of benzene rings is 1. The van der Waals surface area contributed by atoms with Crippen molar-refractivity contribution in [1.29, 1.82) is 0 Å². The molecule has 3 rings (SSSR count). The molecule has 1 aromatic rings. The first-order chi connectivity index (χ1) is 12.5. The average molecular weight is 400 g/mol. The Balaban J connectivity index is 0.00000261. The summed E-state index contributed by atoms with van der Waals surface area (Å²) in [4.78, 5) is 29.1. The number of hydrogen-bond donors (Lipinski definition) is 1. The van der Waals surface area contributed by atoms with Crippen LogP contribution in [0.5, 0.6) is 0 Å². The molecule has 1 atom stereocenters. The molecule has 2 amide bonds. The predicted molar refractivity (Wildman–Crippen MR) is 104 cm³/mol. The van der Waals surface area contributed by atoms with E-state index in [9.17, 15) is 14.0 Å². The number of amides is 2. The second-order valence-corrected chi connectivity index (χ2v) is 7.13. The highest BCUT2D eigenvalue weighted by molar-refractivity contribution is 6.01. The average Bonchev–Trinajstić information content (AvgIpc) is 3.03. The van der Waals surface area contributed by atoms with Crippen LogP contribution in [0.3, 0.4) is 0 Å². The van der Waals surface area contributed by atoms with Crippen LogP contribution in [0.4, 0.5) is 10.1 Å². The molecule has 0 saturated carbocycles. The summed E-state index contributed by atoms with van der Waals surface area (Å²) in [6.45, 7) is 2.25. The minimum absolute atomic E-state index is 0. The molecule has 2 aliphatic rings. The van der Waals surface area contributed by atoms with Crippen molar-refractivity contribution in [2.75, 3.05) is 45.3 Å². The minimum atomic E-state index is -0.597. The molecule has 2 aliphatic heterocycles. The van der Waals surface area contributed by atoms with Crippen LogP contribution in [0.1, 0.15) is 19.3 Å². The number of rotatable bonds is 5. The third-order valence-corrected chi connectivity index (χ3v) is 5.54. The number of nitrogens with zero attached hydrogens (tertiary/aromatic N) is 2. The van der Waals surface area contributed by atoms with E-state index in [4.69, 9.17) is 4.74 Å². The summed E-state index contributed by atoms with van der Waals surface area (Å²) in [5, 5.41) is 3.26. The molecule has 27 heavy (non-hydrogen) atoms. The number of piperidine rings is 1. The fourth-order valence-corrected chi connectivity index (χ4v) is 4.05. The smallest absolute Gasteiger partial charge is 0.249 e. The predicted octanol–water partition coefficient (Wildman–Crippen LogP) is 1.83. The summed E-state index contributed by atoms with van der Waals surface area (Å²) < 4.78 is 19.4. The second kappa shape index (κ2) is 8.99. The zero-order valence-electron chi connectivity index (χ0n) is 15.7. The molecular formula is C19H27ClFN3O3. The van der Waals surface area contributed by atoms with E-state index >= 15 is 0 Å². The largest absolute Gasteiger partial charge is 0.384 e. The van der Waals surface area contributed by atoms with E-state index < -0.39 is 17.3 Å².